The van der Waals surface area contributed by atoms with Crippen molar-refractivity contribution in [3.8, 4) is 5.69 Å². The monoisotopic (exact) mass is 201 g/mol. The van der Waals surface area contributed by atoms with Crippen LogP contribution in [0.1, 0.15) is 16.8 Å². The number of rotatable bonds is 1. The van der Waals surface area contributed by atoms with Crippen LogP contribution in [0.15, 0.2) is 24.4 Å². The first-order chi connectivity index (χ1) is 7.08. The van der Waals surface area contributed by atoms with Gasteiger partial charge < -0.3 is 5.73 Å². The summed E-state index contributed by atoms with van der Waals surface area (Å²) >= 11 is 0. The van der Waals surface area contributed by atoms with Crippen molar-refractivity contribution in [1.82, 2.24) is 9.55 Å². The molecule has 2 N–H and O–H groups in total. The number of aryl methyl sites for hydroxylation is 3. The maximum absolute atomic E-state index is 5.84. The van der Waals surface area contributed by atoms with Crippen molar-refractivity contribution in [2.45, 2.75) is 20.8 Å². The molecule has 0 fully saturated rings. The topological polar surface area (TPSA) is 43.8 Å². The van der Waals surface area contributed by atoms with Crippen molar-refractivity contribution in [1.29, 1.82) is 0 Å². The Bertz CT molecular complexity index is 498. The molecule has 1 heterocycles. The summed E-state index contributed by atoms with van der Waals surface area (Å²) < 4.78 is 1.93. The van der Waals surface area contributed by atoms with Gasteiger partial charge in [-0.3, -0.25) is 4.57 Å². The molecule has 2 rings (SSSR count). The Labute approximate surface area is 89.6 Å². The van der Waals surface area contributed by atoms with Gasteiger partial charge in [0.15, 0.2) is 0 Å². The molecule has 3 nitrogen and oxygen atoms in total. The first-order valence-corrected chi connectivity index (χ1v) is 4.97. The van der Waals surface area contributed by atoms with Crippen molar-refractivity contribution in [3.63, 3.8) is 0 Å². The highest BCUT2D eigenvalue weighted by atomic mass is 15.1. The lowest BCUT2D eigenvalue weighted by atomic mass is 10.1. The highest BCUT2D eigenvalue weighted by molar-refractivity contribution is 5.47. The maximum Gasteiger partial charge on any atom is 0.205 e. The van der Waals surface area contributed by atoms with E-state index in [0.717, 1.165) is 11.4 Å². The predicted octanol–water partition coefficient (Wildman–Crippen LogP) is 2.38. The standard InChI is InChI=1S/C12H15N3/c1-8-4-5-9(2)11(6-8)15-7-10(3)14-12(15)13/h4-7H,1-3H3,(H2,13,14). The van der Waals surface area contributed by atoms with Gasteiger partial charge in [-0.25, -0.2) is 4.98 Å². The van der Waals surface area contributed by atoms with E-state index in [1.807, 2.05) is 17.7 Å². The van der Waals surface area contributed by atoms with Crippen molar-refractivity contribution in [2.24, 2.45) is 0 Å². The summed E-state index contributed by atoms with van der Waals surface area (Å²) in [5.74, 6) is 0.543. The fraction of sp³-hybridized carbons (Fsp3) is 0.250. The lowest BCUT2D eigenvalue weighted by Gasteiger charge is -2.09. The highest BCUT2D eigenvalue weighted by Crippen LogP contribution is 2.19. The number of hydrogen-bond acceptors (Lipinski definition) is 2. The van der Waals surface area contributed by atoms with Gasteiger partial charge in [0.1, 0.15) is 0 Å². The number of aromatic nitrogens is 2. The third kappa shape index (κ3) is 1.73. The van der Waals surface area contributed by atoms with Gasteiger partial charge in [-0.05, 0) is 38.0 Å². The molecule has 0 saturated heterocycles. The normalized spacial score (nSPS) is 10.6. The lowest BCUT2D eigenvalue weighted by molar-refractivity contribution is 1.05. The Morgan fingerprint density at radius 2 is 1.93 bits per heavy atom. The molecular weight excluding hydrogens is 186 g/mol. The molecule has 0 unspecified atom stereocenters. The largest absolute Gasteiger partial charge is 0.369 e. The van der Waals surface area contributed by atoms with Crippen molar-refractivity contribution < 1.29 is 0 Å². The number of nitrogens with two attached hydrogens (primary N) is 1. The Kier molecular flexibility index (Phi) is 2.23. The number of benzene rings is 1. The van der Waals surface area contributed by atoms with Crippen molar-refractivity contribution in [2.75, 3.05) is 5.73 Å². The molecule has 78 valence electrons. The van der Waals surface area contributed by atoms with Crippen LogP contribution in [-0.4, -0.2) is 9.55 Å². The molecule has 0 saturated carbocycles. The van der Waals surface area contributed by atoms with Gasteiger partial charge in [0, 0.05) is 6.20 Å². The van der Waals surface area contributed by atoms with Crippen LogP contribution in [0.3, 0.4) is 0 Å². The smallest absolute Gasteiger partial charge is 0.205 e. The second-order valence-electron chi connectivity index (χ2n) is 3.90. The summed E-state index contributed by atoms with van der Waals surface area (Å²) in [5, 5.41) is 0. The van der Waals surface area contributed by atoms with Gasteiger partial charge in [0.25, 0.3) is 0 Å². The summed E-state index contributed by atoms with van der Waals surface area (Å²) in [6, 6.07) is 6.31. The predicted molar refractivity (Wildman–Crippen MR) is 62.2 cm³/mol. The minimum Gasteiger partial charge on any atom is -0.369 e. The van der Waals surface area contributed by atoms with Crippen LogP contribution in [0, 0.1) is 20.8 Å². The molecule has 0 amide bonds. The molecule has 15 heavy (non-hydrogen) atoms. The van der Waals surface area contributed by atoms with E-state index in [2.05, 4.69) is 37.0 Å². The average molecular weight is 201 g/mol. The van der Waals surface area contributed by atoms with Crippen LogP contribution in [0.4, 0.5) is 5.95 Å². The number of hydrogen-bond donors (Lipinski definition) is 1. The second kappa shape index (κ2) is 3.42. The SMILES string of the molecule is Cc1ccc(C)c(-n2cc(C)nc2N)c1. The Hall–Kier alpha value is -1.77. The number of imidazole rings is 1. The van der Waals surface area contributed by atoms with Gasteiger partial charge >= 0.3 is 0 Å². The Morgan fingerprint density at radius 3 is 2.53 bits per heavy atom. The van der Waals surface area contributed by atoms with Crippen molar-refractivity contribution in [3.05, 3.63) is 41.2 Å². The summed E-state index contributed by atoms with van der Waals surface area (Å²) in [7, 11) is 0. The molecule has 1 aromatic carbocycles. The van der Waals surface area contributed by atoms with E-state index in [9.17, 15) is 0 Å². The van der Waals surface area contributed by atoms with Gasteiger partial charge in [-0.15, -0.1) is 0 Å². The summed E-state index contributed by atoms with van der Waals surface area (Å²) in [5.41, 5.74) is 10.3. The van der Waals surface area contributed by atoms with Crippen LogP contribution in [-0.2, 0) is 0 Å². The molecule has 0 aliphatic carbocycles. The van der Waals surface area contributed by atoms with E-state index in [1.54, 1.807) is 0 Å². The Balaban J connectivity index is 2.62. The van der Waals surface area contributed by atoms with E-state index >= 15 is 0 Å². The van der Waals surface area contributed by atoms with Crippen LogP contribution in [0.5, 0.6) is 0 Å². The van der Waals surface area contributed by atoms with Crippen LogP contribution >= 0.6 is 0 Å². The van der Waals surface area contributed by atoms with Crippen molar-refractivity contribution >= 4 is 5.95 Å². The van der Waals surface area contributed by atoms with E-state index in [-0.39, 0.29) is 0 Å². The molecule has 0 atom stereocenters. The Morgan fingerprint density at radius 1 is 1.20 bits per heavy atom. The summed E-state index contributed by atoms with van der Waals surface area (Å²) in [4.78, 5) is 4.20. The minimum absolute atomic E-state index is 0.543. The second-order valence-corrected chi connectivity index (χ2v) is 3.90. The molecule has 1 aromatic heterocycles. The first kappa shape index (κ1) is 9.77. The molecule has 0 aliphatic rings. The van der Waals surface area contributed by atoms with Crippen LogP contribution in [0.25, 0.3) is 5.69 Å². The van der Waals surface area contributed by atoms with E-state index in [0.29, 0.717) is 5.95 Å². The lowest BCUT2D eigenvalue weighted by Crippen LogP contribution is -2.01. The molecule has 2 aromatic rings. The van der Waals surface area contributed by atoms with Gasteiger partial charge in [-0.2, -0.15) is 0 Å². The average Bonchev–Trinajstić information content (AvgIpc) is 2.50. The molecule has 0 bridgehead atoms. The van der Waals surface area contributed by atoms with Crippen LogP contribution < -0.4 is 5.73 Å². The van der Waals surface area contributed by atoms with Crippen LogP contribution in [0.2, 0.25) is 0 Å². The van der Waals surface area contributed by atoms with E-state index in [1.165, 1.54) is 11.1 Å². The minimum atomic E-state index is 0.543. The van der Waals surface area contributed by atoms with Gasteiger partial charge in [-0.1, -0.05) is 12.1 Å². The zero-order chi connectivity index (χ0) is 11.0. The zero-order valence-corrected chi connectivity index (χ0v) is 9.28. The van der Waals surface area contributed by atoms with E-state index in [4.69, 9.17) is 5.73 Å². The number of anilines is 1. The maximum atomic E-state index is 5.84. The molecule has 0 spiro atoms. The fourth-order valence-electron chi connectivity index (χ4n) is 1.69. The van der Waals surface area contributed by atoms with Gasteiger partial charge in [0.2, 0.25) is 5.95 Å². The number of nitrogens with zero attached hydrogens (tertiary/aromatic N) is 2. The molecular formula is C12H15N3. The third-order valence-corrected chi connectivity index (χ3v) is 2.48. The highest BCUT2D eigenvalue weighted by Gasteiger charge is 2.06. The quantitative estimate of drug-likeness (QED) is 0.769. The third-order valence-electron chi connectivity index (χ3n) is 2.48. The molecule has 0 radical (unpaired) electrons. The number of nitrogen functional groups attached to an aromatic ring is 1. The first-order valence-electron chi connectivity index (χ1n) is 4.97. The molecule has 3 heteroatoms. The van der Waals surface area contributed by atoms with Gasteiger partial charge in [0.05, 0.1) is 11.4 Å². The molecule has 0 aliphatic heterocycles. The van der Waals surface area contributed by atoms with E-state index < -0.39 is 0 Å². The fourth-order valence-corrected chi connectivity index (χ4v) is 1.69. The zero-order valence-electron chi connectivity index (χ0n) is 9.28. The summed E-state index contributed by atoms with van der Waals surface area (Å²) in [6.07, 6.45) is 1.96. The summed E-state index contributed by atoms with van der Waals surface area (Å²) in [6.45, 7) is 6.09.